The minimum absolute atomic E-state index is 0.109. The number of hydrogen-bond donors (Lipinski definition) is 2. The van der Waals surface area contributed by atoms with E-state index in [1.807, 2.05) is 4.90 Å². The van der Waals surface area contributed by atoms with Crippen LogP contribution in [0.4, 0.5) is 20.7 Å². The summed E-state index contributed by atoms with van der Waals surface area (Å²) in [4.78, 5) is 26.9. The maximum atomic E-state index is 13.3. The highest BCUT2D eigenvalue weighted by atomic mass is 19.1. The van der Waals surface area contributed by atoms with Crippen LogP contribution in [0.25, 0.3) is 0 Å². The summed E-state index contributed by atoms with van der Waals surface area (Å²) in [7, 11) is 0. The molecule has 2 heterocycles. The second-order valence-electron chi connectivity index (χ2n) is 8.15. The van der Waals surface area contributed by atoms with Crippen LogP contribution in [-0.2, 0) is 4.79 Å². The number of halogens is 1. The van der Waals surface area contributed by atoms with Crippen LogP contribution >= 0.6 is 0 Å². The highest BCUT2D eigenvalue weighted by Gasteiger charge is 2.26. The van der Waals surface area contributed by atoms with E-state index in [4.69, 9.17) is 0 Å². The van der Waals surface area contributed by atoms with Gasteiger partial charge in [-0.05, 0) is 56.7 Å². The molecule has 2 aromatic rings. The number of piperidine rings is 1. The first-order chi connectivity index (χ1) is 15.1. The number of carbonyl (C=O) groups is 2. The summed E-state index contributed by atoms with van der Waals surface area (Å²) in [6, 6.07) is 7.12. The molecule has 2 aliphatic rings. The van der Waals surface area contributed by atoms with Crippen LogP contribution in [-0.4, -0.2) is 39.7 Å². The van der Waals surface area contributed by atoms with Crippen molar-refractivity contribution in [2.45, 2.75) is 51.0 Å². The van der Waals surface area contributed by atoms with Gasteiger partial charge in [-0.15, -0.1) is 0 Å². The third-order valence-corrected chi connectivity index (χ3v) is 5.92. The highest BCUT2D eigenvalue weighted by molar-refractivity contribution is 5.99. The zero-order valence-electron chi connectivity index (χ0n) is 17.5. The van der Waals surface area contributed by atoms with Gasteiger partial charge in [0, 0.05) is 31.3 Å². The Morgan fingerprint density at radius 1 is 1.13 bits per heavy atom. The molecule has 0 saturated carbocycles. The van der Waals surface area contributed by atoms with Crippen molar-refractivity contribution < 1.29 is 14.0 Å². The normalized spacial score (nSPS) is 17.2. The summed E-state index contributed by atoms with van der Waals surface area (Å²) in [6.07, 6.45) is 10.5. The van der Waals surface area contributed by atoms with Crippen molar-refractivity contribution in [1.82, 2.24) is 14.7 Å². The lowest BCUT2D eigenvalue weighted by molar-refractivity contribution is -0.131. The van der Waals surface area contributed by atoms with E-state index in [1.54, 1.807) is 23.0 Å². The van der Waals surface area contributed by atoms with E-state index in [1.165, 1.54) is 36.6 Å². The van der Waals surface area contributed by atoms with Crippen LogP contribution in [0, 0.1) is 5.82 Å². The van der Waals surface area contributed by atoms with Crippen molar-refractivity contribution in [1.29, 1.82) is 0 Å². The molecule has 1 fully saturated rings. The van der Waals surface area contributed by atoms with Gasteiger partial charge in [0.1, 0.15) is 11.6 Å². The van der Waals surface area contributed by atoms with Crippen molar-refractivity contribution in [3.8, 4) is 0 Å². The van der Waals surface area contributed by atoms with Gasteiger partial charge < -0.3 is 10.2 Å². The average Bonchev–Trinajstić information content (AvgIpc) is 3.22. The lowest BCUT2D eigenvalue weighted by Gasteiger charge is -2.33. The first kappa shape index (κ1) is 21.1. The number of anilines is 2. The summed E-state index contributed by atoms with van der Waals surface area (Å²) < 4.78 is 15.1. The SMILES string of the molecule is O=C(Nc1cccc(F)c1)Nc1ccnn1C1CCN(C(=O)CC2=CCCCC2)CC1. The Balaban J connectivity index is 1.30. The number of benzene rings is 1. The Bertz CT molecular complexity index is 962. The Kier molecular flexibility index (Phi) is 6.64. The number of carbonyl (C=O) groups excluding carboxylic acids is 2. The van der Waals surface area contributed by atoms with Crippen LogP contribution in [0.5, 0.6) is 0 Å². The van der Waals surface area contributed by atoms with E-state index in [0.29, 0.717) is 31.0 Å². The number of likely N-dealkylation sites (tertiary alicyclic amines) is 1. The van der Waals surface area contributed by atoms with E-state index in [9.17, 15) is 14.0 Å². The Morgan fingerprint density at radius 2 is 1.97 bits per heavy atom. The zero-order chi connectivity index (χ0) is 21.6. The molecule has 1 aliphatic heterocycles. The third-order valence-electron chi connectivity index (χ3n) is 5.92. The molecule has 0 radical (unpaired) electrons. The predicted octanol–water partition coefficient (Wildman–Crippen LogP) is 4.72. The van der Waals surface area contributed by atoms with Gasteiger partial charge in [-0.1, -0.05) is 17.7 Å². The predicted molar refractivity (Wildman–Crippen MR) is 117 cm³/mol. The Morgan fingerprint density at radius 3 is 2.71 bits per heavy atom. The first-order valence-electron chi connectivity index (χ1n) is 10.9. The smallest absolute Gasteiger partial charge is 0.324 e. The van der Waals surface area contributed by atoms with Gasteiger partial charge in [-0.2, -0.15) is 5.10 Å². The van der Waals surface area contributed by atoms with Crippen molar-refractivity contribution in [2.75, 3.05) is 23.7 Å². The molecule has 164 valence electrons. The molecular formula is C23H28FN5O2. The van der Waals surface area contributed by atoms with Gasteiger partial charge in [-0.25, -0.2) is 13.9 Å². The van der Waals surface area contributed by atoms with E-state index in [2.05, 4.69) is 21.8 Å². The number of amides is 3. The highest BCUT2D eigenvalue weighted by Crippen LogP contribution is 2.27. The zero-order valence-corrected chi connectivity index (χ0v) is 17.5. The number of nitrogens with one attached hydrogen (secondary N) is 2. The molecule has 1 saturated heterocycles. The number of hydrogen-bond acceptors (Lipinski definition) is 3. The summed E-state index contributed by atoms with van der Waals surface area (Å²) in [5, 5.41) is 9.79. The van der Waals surface area contributed by atoms with E-state index in [0.717, 1.165) is 25.7 Å². The van der Waals surface area contributed by atoms with Gasteiger partial charge in [0.05, 0.1) is 12.2 Å². The second kappa shape index (κ2) is 9.76. The molecule has 2 N–H and O–H groups in total. The van der Waals surface area contributed by atoms with Crippen LogP contribution in [0.3, 0.4) is 0 Å². The summed E-state index contributed by atoms with van der Waals surface area (Å²) in [5.74, 6) is 0.370. The van der Waals surface area contributed by atoms with Gasteiger partial charge in [-0.3, -0.25) is 10.1 Å². The summed E-state index contributed by atoms with van der Waals surface area (Å²) in [5.41, 5.74) is 1.66. The number of rotatable bonds is 5. The van der Waals surface area contributed by atoms with Gasteiger partial charge in [0.25, 0.3) is 0 Å². The van der Waals surface area contributed by atoms with Crippen LogP contribution < -0.4 is 10.6 Å². The lowest BCUT2D eigenvalue weighted by atomic mass is 9.96. The topological polar surface area (TPSA) is 79.3 Å². The fourth-order valence-corrected chi connectivity index (χ4v) is 4.28. The molecule has 3 amide bonds. The number of allylic oxidation sites excluding steroid dienone is 1. The number of urea groups is 1. The van der Waals surface area contributed by atoms with Gasteiger partial charge >= 0.3 is 6.03 Å². The van der Waals surface area contributed by atoms with E-state index >= 15 is 0 Å². The largest absolute Gasteiger partial charge is 0.342 e. The molecule has 31 heavy (non-hydrogen) atoms. The minimum atomic E-state index is -0.458. The van der Waals surface area contributed by atoms with E-state index < -0.39 is 11.8 Å². The molecule has 7 nitrogen and oxygen atoms in total. The molecule has 8 heteroatoms. The van der Waals surface area contributed by atoms with Crippen molar-refractivity contribution in [3.05, 3.63) is 54.0 Å². The number of nitrogens with zero attached hydrogens (tertiary/aromatic N) is 3. The summed E-state index contributed by atoms with van der Waals surface area (Å²) in [6.45, 7) is 1.37. The van der Waals surface area contributed by atoms with Gasteiger partial charge in [0.2, 0.25) is 5.91 Å². The third kappa shape index (κ3) is 5.51. The monoisotopic (exact) mass is 425 g/mol. The average molecular weight is 426 g/mol. The van der Waals surface area contributed by atoms with Crippen LogP contribution in [0.1, 0.15) is 51.0 Å². The quantitative estimate of drug-likeness (QED) is 0.681. The summed E-state index contributed by atoms with van der Waals surface area (Å²) >= 11 is 0. The molecule has 1 aliphatic carbocycles. The fourth-order valence-electron chi connectivity index (χ4n) is 4.28. The Hall–Kier alpha value is -3.16. The standard InChI is InChI=1S/C23H28FN5O2/c24-18-7-4-8-19(16-18)26-23(31)27-21-9-12-25-29(21)20-10-13-28(14-11-20)22(30)15-17-5-2-1-3-6-17/h4-5,7-9,12,16,20H,1-3,6,10-11,13-15H2,(H2,26,27,31). The minimum Gasteiger partial charge on any atom is -0.342 e. The molecule has 0 spiro atoms. The maximum absolute atomic E-state index is 13.3. The first-order valence-corrected chi connectivity index (χ1v) is 10.9. The molecule has 0 atom stereocenters. The lowest BCUT2D eigenvalue weighted by Crippen LogP contribution is -2.39. The van der Waals surface area contributed by atoms with Gasteiger partial charge in [0.15, 0.2) is 0 Å². The molecule has 1 aromatic carbocycles. The molecule has 0 unspecified atom stereocenters. The Labute approximate surface area is 181 Å². The maximum Gasteiger partial charge on any atom is 0.324 e. The van der Waals surface area contributed by atoms with Crippen LogP contribution in [0.15, 0.2) is 48.2 Å². The second-order valence-corrected chi connectivity index (χ2v) is 8.15. The fraction of sp³-hybridized carbons (Fsp3) is 0.435. The molecule has 1 aromatic heterocycles. The van der Waals surface area contributed by atoms with Crippen molar-refractivity contribution >= 4 is 23.4 Å². The molecule has 4 rings (SSSR count). The number of aromatic nitrogens is 2. The van der Waals surface area contributed by atoms with Crippen molar-refractivity contribution in [2.24, 2.45) is 0 Å². The van der Waals surface area contributed by atoms with Crippen molar-refractivity contribution in [3.63, 3.8) is 0 Å². The van der Waals surface area contributed by atoms with Crippen LogP contribution in [0.2, 0.25) is 0 Å². The molecular weight excluding hydrogens is 397 g/mol. The van der Waals surface area contributed by atoms with E-state index in [-0.39, 0.29) is 11.9 Å². The molecule has 0 bridgehead atoms.